The van der Waals surface area contributed by atoms with E-state index in [2.05, 4.69) is 24.1 Å². The van der Waals surface area contributed by atoms with Crippen LogP contribution in [0.4, 0.5) is 11.5 Å². The molecule has 1 N–H and O–H groups in total. The Morgan fingerprint density at radius 1 is 1.50 bits per heavy atom. The Hall–Kier alpha value is -2.16. The van der Waals surface area contributed by atoms with Gasteiger partial charge in [-0.25, -0.2) is 4.98 Å². The molecule has 0 radical (unpaired) electrons. The predicted octanol–water partition coefficient (Wildman–Crippen LogP) is 3.24. The van der Waals surface area contributed by atoms with Crippen LogP contribution in [0.2, 0.25) is 0 Å². The lowest BCUT2D eigenvalue weighted by Crippen LogP contribution is -2.39. The SMILES string of the molecule is CC1(C)CCCCC1Nc1ccc([N+](=O)[O-])c(C#N)n1. The fraction of sp³-hybridized carbons (Fsp3) is 0.571. The second-order valence-corrected chi connectivity index (χ2v) is 5.86. The third-order valence-electron chi connectivity index (χ3n) is 4.01. The van der Waals surface area contributed by atoms with Crippen molar-refractivity contribution in [3.05, 3.63) is 27.9 Å². The molecule has 20 heavy (non-hydrogen) atoms. The van der Waals surface area contributed by atoms with E-state index in [4.69, 9.17) is 5.26 Å². The van der Waals surface area contributed by atoms with Crippen molar-refractivity contribution in [2.45, 2.75) is 45.6 Å². The summed E-state index contributed by atoms with van der Waals surface area (Å²) < 4.78 is 0. The molecule has 1 aliphatic rings. The summed E-state index contributed by atoms with van der Waals surface area (Å²) in [6.07, 6.45) is 4.58. The maximum Gasteiger partial charge on any atom is 0.305 e. The summed E-state index contributed by atoms with van der Waals surface area (Å²) in [6, 6.07) is 4.97. The molecule has 1 atom stereocenters. The van der Waals surface area contributed by atoms with Gasteiger partial charge in [0, 0.05) is 12.1 Å². The minimum atomic E-state index is -0.583. The van der Waals surface area contributed by atoms with Gasteiger partial charge in [-0.15, -0.1) is 0 Å². The molecule has 1 heterocycles. The van der Waals surface area contributed by atoms with E-state index in [0.717, 1.165) is 12.8 Å². The fourth-order valence-electron chi connectivity index (χ4n) is 2.70. The zero-order valence-corrected chi connectivity index (χ0v) is 11.7. The van der Waals surface area contributed by atoms with Crippen molar-refractivity contribution in [3.8, 4) is 6.07 Å². The van der Waals surface area contributed by atoms with Crippen LogP contribution in [0.3, 0.4) is 0 Å². The minimum absolute atomic E-state index is 0.145. The third-order valence-corrected chi connectivity index (χ3v) is 4.01. The van der Waals surface area contributed by atoms with Crippen molar-refractivity contribution in [3.63, 3.8) is 0 Å². The first-order valence-corrected chi connectivity index (χ1v) is 6.76. The molecule has 1 aromatic rings. The topological polar surface area (TPSA) is 91.9 Å². The van der Waals surface area contributed by atoms with Crippen molar-refractivity contribution >= 4 is 11.5 Å². The van der Waals surface area contributed by atoms with Crippen molar-refractivity contribution in [1.82, 2.24) is 4.98 Å². The van der Waals surface area contributed by atoms with Crippen molar-refractivity contribution in [2.75, 3.05) is 5.32 Å². The molecular formula is C14H18N4O2. The molecule has 1 saturated carbocycles. The molecule has 1 fully saturated rings. The highest BCUT2D eigenvalue weighted by Crippen LogP contribution is 2.37. The van der Waals surface area contributed by atoms with Gasteiger partial charge in [0.15, 0.2) is 0 Å². The molecule has 6 heteroatoms. The van der Waals surface area contributed by atoms with Crippen LogP contribution in [0.5, 0.6) is 0 Å². The number of nitrogens with one attached hydrogen (secondary N) is 1. The number of nitrogens with zero attached hydrogens (tertiary/aromatic N) is 3. The number of rotatable bonds is 3. The highest BCUT2D eigenvalue weighted by atomic mass is 16.6. The van der Waals surface area contributed by atoms with Crippen LogP contribution < -0.4 is 5.32 Å². The molecule has 0 bridgehead atoms. The normalized spacial score (nSPS) is 20.9. The predicted molar refractivity (Wildman–Crippen MR) is 75.3 cm³/mol. The maximum absolute atomic E-state index is 10.8. The summed E-state index contributed by atoms with van der Waals surface area (Å²) in [5, 5.41) is 23.1. The first-order valence-electron chi connectivity index (χ1n) is 6.76. The number of nitro groups is 1. The van der Waals surface area contributed by atoms with E-state index in [0.29, 0.717) is 5.82 Å². The largest absolute Gasteiger partial charge is 0.367 e. The zero-order valence-electron chi connectivity index (χ0n) is 11.7. The lowest BCUT2D eigenvalue weighted by Gasteiger charge is -2.39. The molecular weight excluding hydrogens is 256 g/mol. The number of anilines is 1. The number of nitriles is 1. The number of hydrogen-bond donors (Lipinski definition) is 1. The minimum Gasteiger partial charge on any atom is -0.367 e. The van der Waals surface area contributed by atoms with Crippen molar-refractivity contribution < 1.29 is 4.92 Å². The Labute approximate surface area is 118 Å². The molecule has 2 rings (SSSR count). The van der Waals surface area contributed by atoms with Crippen molar-refractivity contribution in [1.29, 1.82) is 5.26 Å². The Balaban J connectivity index is 2.22. The summed E-state index contributed by atoms with van der Waals surface area (Å²) >= 11 is 0. The summed E-state index contributed by atoms with van der Waals surface area (Å²) in [5.74, 6) is 0.534. The summed E-state index contributed by atoms with van der Waals surface area (Å²) in [7, 11) is 0. The molecule has 0 spiro atoms. The summed E-state index contributed by atoms with van der Waals surface area (Å²) in [5.41, 5.74) is -0.233. The Morgan fingerprint density at radius 2 is 2.25 bits per heavy atom. The lowest BCUT2D eigenvalue weighted by molar-refractivity contribution is -0.385. The van der Waals surface area contributed by atoms with Gasteiger partial charge < -0.3 is 5.32 Å². The first-order chi connectivity index (χ1) is 9.44. The standard InChI is InChI=1S/C14H18N4O2/c1-14(2)8-4-3-5-12(14)17-13-7-6-11(18(19)20)10(9-15)16-13/h6-7,12H,3-5,8H2,1-2H3,(H,16,17). The van der Waals surface area contributed by atoms with Crippen LogP contribution in [-0.4, -0.2) is 15.9 Å². The van der Waals surface area contributed by atoms with E-state index in [-0.39, 0.29) is 22.8 Å². The molecule has 0 amide bonds. The average Bonchev–Trinajstić information content (AvgIpc) is 2.40. The van der Waals surface area contributed by atoms with Gasteiger partial charge in [0.25, 0.3) is 0 Å². The summed E-state index contributed by atoms with van der Waals surface area (Å²) in [6.45, 7) is 4.42. The zero-order chi connectivity index (χ0) is 14.8. The second-order valence-electron chi connectivity index (χ2n) is 5.86. The van der Waals surface area contributed by atoms with E-state index >= 15 is 0 Å². The van der Waals surface area contributed by atoms with Crippen LogP contribution in [0, 0.1) is 26.9 Å². The Morgan fingerprint density at radius 3 is 2.85 bits per heavy atom. The number of aromatic nitrogens is 1. The van der Waals surface area contributed by atoms with Gasteiger partial charge >= 0.3 is 5.69 Å². The molecule has 1 unspecified atom stereocenters. The second kappa shape index (κ2) is 5.45. The monoisotopic (exact) mass is 274 g/mol. The van der Waals surface area contributed by atoms with Gasteiger partial charge in [0.2, 0.25) is 5.69 Å². The van der Waals surface area contributed by atoms with E-state index in [1.54, 1.807) is 12.1 Å². The Kier molecular flexibility index (Phi) is 3.89. The molecule has 6 nitrogen and oxygen atoms in total. The van der Waals surface area contributed by atoms with E-state index in [9.17, 15) is 10.1 Å². The molecule has 1 aliphatic carbocycles. The van der Waals surface area contributed by atoms with Gasteiger partial charge in [0.05, 0.1) is 4.92 Å². The van der Waals surface area contributed by atoms with Gasteiger partial charge in [-0.3, -0.25) is 10.1 Å². The highest BCUT2D eigenvalue weighted by molar-refractivity contribution is 5.50. The average molecular weight is 274 g/mol. The van der Waals surface area contributed by atoms with Gasteiger partial charge in [-0.05, 0) is 24.3 Å². The van der Waals surface area contributed by atoms with Gasteiger partial charge in [-0.2, -0.15) is 5.26 Å². The van der Waals surface area contributed by atoms with E-state index in [1.165, 1.54) is 18.9 Å². The number of pyridine rings is 1. The van der Waals surface area contributed by atoms with E-state index in [1.807, 2.05) is 0 Å². The molecule has 0 aliphatic heterocycles. The third kappa shape index (κ3) is 2.87. The number of hydrogen-bond acceptors (Lipinski definition) is 5. The van der Waals surface area contributed by atoms with Crippen LogP contribution >= 0.6 is 0 Å². The smallest absolute Gasteiger partial charge is 0.305 e. The first kappa shape index (κ1) is 14.3. The van der Waals surface area contributed by atoms with Gasteiger partial charge in [0.1, 0.15) is 11.9 Å². The molecule has 1 aromatic heterocycles. The van der Waals surface area contributed by atoms with Crippen LogP contribution in [0.15, 0.2) is 12.1 Å². The molecule has 0 saturated heterocycles. The van der Waals surface area contributed by atoms with E-state index < -0.39 is 4.92 Å². The highest BCUT2D eigenvalue weighted by Gasteiger charge is 2.32. The van der Waals surface area contributed by atoms with Crippen molar-refractivity contribution in [2.24, 2.45) is 5.41 Å². The Bertz CT molecular complexity index is 563. The van der Waals surface area contributed by atoms with Gasteiger partial charge in [-0.1, -0.05) is 26.7 Å². The molecule has 0 aromatic carbocycles. The fourth-order valence-corrected chi connectivity index (χ4v) is 2.70. The quantitative estimate of drug-likeness (QED) is 0.674. The molecule has 106 valence electrons. The van der Waals surface area contributed by atoms with Crippen LogP contribution in [0.1, 0.15) is 45.2 Å². The maximum atomic E-state index is 10.8. The lowest BCUT2D eigenvalue weighted by atomic mass is 9.73. The van der Waals surface area contributed by atoms with Crippen LogP contribution in [-0.2, 0) is 0 Å². The summed E-state index contributed by atoms with van der Waals surface area (Å²) in [4.78, 5) is 14.3. The van der Waals surface area contributed by atoms with Crippen LogP contribution in [0.25, 0.3) is 0 Å².